The lowest BCUT2D eigenvalue weighted by atomic mass is 10.3. The van der Waals surface area contributed by atoms with Crippen molar-refractivity contribution in [3.63, 3.8) is 0 Å². The minimum absolute atomic E-state index is 0.110. The Hall–Kier alpha value is -2.75. The lowest BCUT2D eigenvalue weighted by Crippen LogP contribution is -2.32. The van der Waals surface area contributed by atoms with Gasteiger partial charge in [0.25, 0.3) is 11.5 Å². The zero-order chi connectivity index (χ0) is 15.6. The molecular weight excluding hydrogens is 300 g/mol. The standard InChI is InChI=1S/C11H10N4O5S/c1-4(9-13-6(3-21-9)10(18)19)12-8(17)5-2-7(16)15-11(20)14-5/h2-4H,1H3,(H,12,17)(H,18,19)(H2,14,15,16,20). The highest BCUT2D eigenvalue weighted by Gasteiger charge is 2.17. The first-order valence-electron chi connectivity index (χ1n) is 5.70. The number of aromatic carboxylic acids is 1. The smallest absolute Gasteiger partial charge is 0.355 e. The monoisotopic (exact) mass is 310 g/mol. The van der Waals surface area contributed by atoms with Crippen LogP contribution in [0.4, 0.5) is 0 Å². The van der Waals surface area contributed by atoms with E-state index in [1.165, 1.54) is 5.38 Å². The summed E-state index contributed by atoms with van der Waals surface area (Å²) in [7, 11) is 0. The Balaban J connectivity index is 2.16. The molecule has 1 unspecified atom stereocenters. The molecule has 0 aliphatic heterocycles. The summed E-state index contributed by atoms with van der Waals surface area (Å²) in [5.74, 6) is -1.83. The van der Waals surface area contributed by atoms with Crippen molar-refractivity contribution in [3.8, 4) is 0 Å². The highest BCUT2D eigenvalue weighted by atomic mass is 32.1. The van der Waals surface area contributed by atoms with Gasteiger partial charge in [0.05, 0.1) is 6.04 Å². The van der Waals surface area contributed by atoms with Crippen LogP contribution in [0.1, 0.15) is 39.0 Å². The van der Waals surface area contributed by atoms with Crippen LogP contribution < -0.4 is 16.6 Å². The van der Waals surface area contributed by atoms with Gasteiger partial charge in [-0.25, -0.2) is 14.6 Å². The van der Waals surface area contributed by atoms with Crippen molar-refractivity contribution in [1.29, 1.82) is 0 Å². The molecule has 9 nitrogen and oxygen atoms in total. The molecule has 0 bridgehead atoms. The molecule has 2 heterocycles. The summed E-state index contributed by atoms with van der Waals surface area (Å²) in [5.41, 5.74) is -1.78. The van der Waals surface area contributed by atoms with Gasteiger partial charge in [0.2, 0.25) is 0 Å². The van der Waals surface area contributed by atoms with E-state index >= 15 is 0 Å². The van der Waals surface area contributed by atoms with E-state index in [2.05, 4.69) is 15.3 Å². The van der Waals surface area contributed by atoms with E-state index in [1.807, 2.05) is 4.98 Å². The van der Waals surface area contributed by atoms with Crippen LogP contribution in [0, 0.1) is 0 Å². The number of nitrogens with one attached hydrogen (secondary N) is 3. The van der Waals surface area contributed by atoms with Crippen LogP contribution in [-0.2, 0) is 0 Å². The Morgan fingerprint density at radius 2 is 2.10 bits per heavy atom. The van der Waals surface area contributed by atoms with E-state index in [-0.39, 0.29) is 11.4 Å². The Morgan fingerprint density at radius 1 is 1.38 bits per heavy atom. The van der Waals surface area contributed by atoms with Gasteiger partial charge in [0, 0.05) is 11.4 Å². The Kier molecular flexibility index (Phi) is 3.98. The van der Waals surface area contributed by atoms with E-state index in [9.17, 15) is 19.2 Å². The number of aromatic nitrogens is 3. The molecule has 110 valence electrons. The van der Waals surface area contributed by atoms with Gasteiger partial charge in [-0.1, -0.05) is 0 Å². The molecule has 1 amide bonds. The molecule has 2 aromatic heterocycles. The second-order valence-electron chi connectivity index (χ2n) is 4.07. The SMILES string of the molecule is CC(NC(=O)c1cc(=O)[nH]c(=O)[nH]1)c1nc(C(=O)O)cs1. The number of thiazole rings is 1. The lowest BCUT2D eigenvalue weighted by Gasteiger charge is -2.10. The second-order valence-corrected chi connectivity index (χ2v) is 4.96. The largest absolute Gasteiger partial charge is 0.476 e. The predicted molar refractivity (Wildman–Crippen MR) is 72.6 cm³/mol. The number of carboxylic acids is 1. The van der Waals surface area contributed by atoms with Crippen molar-refractivity contribution in [2.24, 2.45) is 0 Å². The normalized spacial score (nSPS) is 11.9. The Bertz CT molecular complexity index is 777. The van der Waals surface area contributed by atoms with E-state index in [4.69, 9.17) is 5.11 Å². The van der Waals surface area contributed by atoms with Crippen LogP contribution in [0.25, 0.3) is 0 Å². The zero-order valence-corrected chi connectivity index (χ0v) is 11.5. The van der Waals surface area contributed by atoms with Crippen LogP contribution in [-0.4, -0.2) is 31.9 Å². The molecule has 0 radical (unpaired) electrons. The van der Waals surface area contributed by atoms with Crippen LogP contribution in [0.2, 0.25) is 0 Å². The van der Waals surface area contributed by atoms with E-state index in [1.54, 1.807) is 6.92 Å². The number of carboxylic acid groups (broad SMARTS) is 1. The van der Waals surface area contributed by atoms with Crippen LogP contribution >= 0.6 is 11.3 Å². The molecule has 1 atom stereocenters. The molecule has 4 N–H and O–H groups in total. The summed E-state index contributed by atoms with van der Waals surface area (Å²) in [6.07, 6.45) is 0. The molecule has 2 aromatic rings. The maximum atomic E-state index is 11.9. The zero-order valence-electron chi connectivity index (χ0n) is 10.7. The fourth-order valence-electron chi connectivity index (χ4n) is 1.51. The molecule has 0 saturated heterocycles. The van der Waals surface area contributed by atoms with Crippen molar-refractivity contribution >= 4 is 23.2 Å². The summed E-state index contributed by atoms with van der Waals surface area (Å²) in [6.45, 7) is 1.60. The number of amides is 1. The van der Waals surface area contributed by atoms with E-state index < -0.39 is 29.2 Å². The van der Waals surface area contributed by atoms with Gasteiger partial charge in [-0.05, 0) is 6.92 Å². The van der Waals surface area contributed by atoms with Crippen molar-refractivity contribution in [3.05, 3.63) is 48.7 Å². The maximum absolute atomic E-state index is 11.9. The van der Waals surface area contributed by atoms with Crippen molar-refractivity contribution in [2.75, 3.05) is 0 Å². The summed E-state index contributed by atoms with van der Waals surface area (Å²) >= 11 is 1.08. The fourth-order valence-corrected chi connectivity index (χ4v) is 2.31. The average molecular weight is 310 g/mol. The molecule has 0 saturated carbocycles. The minimum Gasteiger partial charge on any atom is -0.476 e. The first kappa shape index (κ1) is 14.7. The van der Waals surface area contributed by atoms with Crippen LogP contribution in [0.15, 0.2) is 21.0 Å². The van der Waals surface area contributed by atoms with Gasteiger partial charge in [0.15, 0.2) is 5.69 Å². The predicted octanol–water partition coefficient (Wildman–Crippen LogP) is -0.291. The quantitative estimate of drug-likeness (QED) is 0.610. The molecule has 10 heteroatoms. The molecule has 0 aliphatic rings. The van der Waals surface area contributed by atoms with Gasteiger partial charge >= 0.3 is 11.7 Å². The van der Waals surface area contributed by atoms with Gasteiger partial charge in [-0.15, -0.1) is 11.3 Å². The van der Waals surface area contributed by atoms with Gasteiger partial charge in [-0.3, -0.25) is 14.6 Å². The van der Waals surface area contributed by atoms with Crippen LogP contribution in [0.3, 0.4) is 0 Å². The molecule has 21 heavy (non-hydrogen) atoms. The number of H-pyrrole nitrogens is 2. The second kappa shape index (κ2) is 5.71. The van der Waals surface area contributed by atoms with Gasteiger partial charge in [0.1, 0.15) is 10.7 Å². The minimum atomic E-state index is -1.16. The molecule has 2 rings (SSSR count). The Morgan fingerprint density at radius 3 is 2.67 bits per heavy atom. The van der Waals surface area contributed by atoms with E-state index in [0.29, 0.717) is 5.01 Å². The number of hydrogen-bond acceptors (Lipinski definition) is 6. The van der Waals surface area contributed by atoms with Crippen molar-refractivity contribution in [2.45, 2.75) is 13.0 Å². The highest BCUT2D eigenvalue weighted by molar-refractivity contribution is 7.09. The van der Waals surface area contributed by atoms with E-state index in [0.717, 1.165) is 17.4 Å². The first-order valence-corrected chi connectivity index (χ1v) is 6.58. The molecule has 0 spiro atoms. The molecular formula is C11H10N4O5S. The van der Waals surface area contributed by atoms with Crippen molar-refractivity contribution < 1.29 is 14.7 Å². The number of hydrogen-bond donors (Lipinski definition) is 4. The third kappa shape index (κ3) is 3.42. The Labute approximate surface area is 120 Å². The number of carbonyl (C=O) groups is 2. The summed E-state index contributed by atoms with van der Waals surface area (Å²) in [4.78, 5) is 52.8. The molecule has 0 aromatic carbocycles. The maximum Gasteiger partial charge on any atom is 0.355 e. The number of aromatic amines is 2. The number of nitrogens with zero attached hydrogens (tertiary/aromatic N) is 1. The average Bonchev–Trinajstić information content (AvgIpc) is 2.87. The third-order valence-electron chi connectivity index (χ3n) is 2.46. The summed E-state index contributed by atoms with van der Waals surface area (Å²) in [6, 6.07) is 0.381. The van der Waals surface area contributed by atoms with Gasteiger partial charge < -0.3 is 15.4 Å². The first-order chi connectivity index (χ1) is 9.86. The summed E-state index contributed by atoms with van der Waals surface area (Å²) < 4.78 is 0. The molecule has 0 aliphatic carbocycles. The third-order valence-corrected chi connectivity index (χ3v) is 3.49. The fraction of sp³-hybridized carbons (Fsp3) is 0.182. The van der Waals surface area contributed by atoms with Crippen LogP contribution in [0.5, 0.6) is 0 Å². The lowest BCUT2D eigenvalue weighted by molar-refractivity contribution is 0.0691. The topological polar surface area (TPSA) is 145 Å². The number of carbonyl (C=O) groups excluding carboxylic acids is 1. The summed E-state index contributed by atoms with van der Waals surface area (Å²) in [5, 5.41) is 13.0. The highest BCUT2D eigenvalue weighted by Crippen LogP contribution is 2.18. The number of rotatable bonds is 4. The van der Waals surface area contributed by atoms with Crippen molar-refractivity contribution in [1.82, 2.24) is 20.3 Å². The van der Waals surface area contributed by atoms with Gasteiger partial charge in [-0.2, -0.15) is 0 Å². The molecule has 0 fully saturated rings.